The van der Waals surface area contributed by atoms with Crippen LogP contribution in [0.2, 0.25) is 5.15 Å². The Morgan fingerprint density at radius 3 is 2.82 bits per heavy atom. The van der Waals surface area contributed by atoms with E-state index in [1.54, 1.807) is 24.5 Å². The summed E-state index contributed by atoms with van der Waals surface area (Å²) in [7, 11) is 0. The van der Waals surface area contributed by atoms with Gasteiger partial charge in [0.15, 0.2) is 5.82 Å². The van der Waals surface area contributed by atoms with Crippen LogP contribution >= 0.6 is 23.4 Å². The molecule has 0 aliphatic heterocycles. The molecular formula is C13H11ClN6OS. The van der Waals surface area contributed by atoms with Crippen molar-refractivity contribution in [3.05, 3.63) is 41.8 Å². The van der Waals surface area contributed by atoms with E-state index in [4.69, 9.17) is 11.6 Å². The van der Waals surface area contributed by atoms with Gasteiger partial charge in [0, 0.05) is 18.0 Å². The predicted octanol–water partition coefficient (Wildman–Crippen LogP) is 2.58. The number of aromatic nitrogens is 5. The zero-order chi connectivity index (χ0) is 15.4. The fourth-order valence-electron chi connectivity index (χ4n) is 1.71. The SMILES string of the molecule is O=C(CSc1n[nH]c(-c2ccncc2)n1)Nc1ccc(Cl)[nH]1. The van der Waals surface area contributed by atoms with Crippen molar-refractivity contribution in [2.45, 2.75) is 5.16 Å². The molecule has 0 bridgehead atoms. The molecule has 3 aromatic heterocycles. The lowest BCUT2D eigenvalue weighted by Gasteiger charge is -2.00. The number of hydrogen-bond acceptors (Lipinski definition) is 5. The fraction of sp³-hybridized carbons (Fsp3) is 0.0769. The Kier molecular flexibility index (Phi) is 4.40. The van der Waals surface area contributed by atoms with Gasteiger partial charge in [-0.25, -0.2) is 4.98 Å². The van der Waals surface area contributed by atoms with Crippen LogP contribution in [0.5, 0.6) is 0 Å². The van der Waals surface area contributed by atoms with Gasteiger partial charge in [-0.15, -0.1) is 5.10 Å². The van der Waals surface area contributed by atoms with Crippen LogP contribution in [0.4, 0.5) is 5.82 Å². The topological polar surface area (TPSA) is 99.3 Å². The van der Waals surface area contributed by atoms with Gasteiger partial charge < -0.3 is 10.3 Å². The van der Waals surface area contributed by atoms with E-state index in [0.29, 0.717) is 22.0 Å². The highest BCUT2D eigenvalue weighted by atomic mass is 35.5. The van der Waals surface area contributed by atoms with Crippen LogP contribution < -0.4 is 5.32 Å². The zero-order valence-electron chi connectivity index (χ0n) is 11.2. The van der Waals surface area contributed by atoms with Gasteiger partial charge in [0.1, 0.15) is 11.0 Å². The van der Waals surface area contributed by atoms with Crippen LogP contribution in [0.3, 0.4) is 0 Å². The number of amides is 1. The first kappa shape index (κ1) is 14.6. The fourth-order valence-corrected chi connectivity index (χ4v) is 2.47. The zero-order valence-corrected chi connectivity index (χ0v) is 12.8. The van der Waals surface area contributed by atoms with Crippen molar-refractivity contribution in [1.29, 1.82) is 0 Å². The summed E-state index contributed by atoms with van der Waals surface area (Å²) in [5.74, 6) is 1.23. The number of nitrogens with zero attached hydrogens (tertiary/aromatic N) is 3. The number of anilines is 1. The lowest BCUT2D eigenvalue weighted by molar-refractivity contribution is -0.113. The first-order chi connectivity index (χ1) is 10.7. The lowest BCUT2D eigenvalue weighted by atomic mass is 10.3. The van der Waals surface area contributed by atoms with Gasteiger partial charge in [0.05, 0.1) is 5.75 Å². The van der Waals surface area contributed by atoms with E-state index in [9.17, 15) is 4.79 Å². The van der Waals surface area contributed by atoms with E-state index >= 15 is 0 Å². The number of halogens is 1. The minimum absolute atomic E-state index is 0.168. The summed E-state index contributed by atoms with van der Waals surface area (Å²) >= 11 is 6.98. The van der Waals surface area contributed by atoms with Gasteiger partial charge in [0.2, 0.25) is 11.1 Å². The number of H-pyrrole nitrogens is 2. The molecule has 22 heavy (non-hydrogen) atoms. The highest BCUT2D eigenvalue weighted by molar-refractivity contribution is 7.99. The summed E-state index contributed by atoms with van der Waals surface area (Å²) in [6.07, 6.45) is 3.36. The van der Waals surface area contributed by atoms with Crippen LogP contribution in [-0.4, -0.2) is 36.8 Å². The molecule has 0 aliphatic rings. The van der Waals surface area contributed by atoms with E-state index < -0.39 is 0 Å². The summed E-state index contributed by atoms with van der Waals surface area (Å²) < 4.78 is 0. The molecule has 112 valence electrons. The third-order valence-electron chi connectivity index (χ3n) is 2.68. The van der Waals surface area contributed by atoms with Gasteiger partial charge >= 0.3 is 0 Å². The van der Waals surface area contributed by atoms with E-state index in [1.807, 2.05) is 12.1 Å². The van der Waals surface area contributed by atoms with Gasteiger partial charge in [-0.3, -0.25) is 14.9 Å². The number of aromatic amines is 2. The van der Waals surface area contributed by atoms with E-state index in [-0.39, 0.29) is 11.7 Å². The quantitative estimate of drug-likeness (QED) is 0.623. The summed E-state index contributed by atoms with van der Waals surface area (Å²) in [6.45, 7) is 0. The van der Waals surface area contributed by atoms with Crippen molar-refractivity contribution >= 4 is 35.1 Å². The van der Waals surface area contributed by atoms with Crippen LogP contribution in [-0.2, 0) is 4.79 Å². The molecule has 0 spiro atoms. The Labute approximate surface area is 134 Å². The summed E-state index contributed by atoms with van der Waals surface area (Å²) in [4.78, 5) is 22.9. The second-order valence-electron chi connectivity index (χ2n) is 4.26. The second kappa shape index (κ2) is 6.63. The Morgan fingerprint density at radius 1 is 1.27 bits per heavy atom. The molecule has 7 nitrogen and oxygen atoms in total. The van der Waals surface area contributed by atoms with Crippen molar-refractivity contribution in [3.8, 4) is 11.4 Å². The molecule has 0 saturated heterocycles. The first-order valence-electron chi connectivity index (χ1n) is 6.30. The molecule has 0 radical (unpaired) electrons. The van der Waals surface area contributed by atoms with Crippen molar-refractivity contribution in [1.82, 2.24) is 25.1 Å². The Balaban J connectivity index is 1.56. The Bertz CT molecular complexity index is 772. The molecule has 1 amide bonds. The predicted molar refractivity (Wildman–Crippen MR) is 84.8 cm³/mol. The van der Waals surface area contributed by atoms with Gasteiger partial charge in [0.25, 0.3) is 0 Å². The van der Waals surface area contributed by atoms with Crippen LogP contribution in [0.15, 0.2) is 41.8 Å². The number of rotatable bonds is 5. The van der Waals surface area contributed by atoms with Gasteiger partial charge in [-0.05, 0) is 24.3 Å². The largest absolute Gasteiger partial charge is 0.332 e. The molecule has 0 saturated carbocycles. The standard InChI is InChI=1S/C13H11ClN6OS/c14-9-1-2-10(16-9)17-11(21)7-22-13-18-12(19-20-13)8-3-5-15-6-4-8/h1-6,16H,7H2,(H,17,21)(H,18,19,20). The number of carbonyl (C=O) groups excluding carboxylic acids is 1. The average Bonchev–Trinajstić information content (AvgIpc) is 3.15. The number of thioether (sulfide) groups is 1. The number of hydrogen-bond donors (Lipinski definition) is 3. The average molecular weight is 335 g/mol. The third-order valence-corrected chi connectivity index (χ3v) is 3.74. The minimum atomic E-state index is -0.168. The molecule has 0 aliphatic carbocycles. The maximum atomic E-state index is 11.8. The van der Waals surface area contributed by atoms with Crippen molar-refractivity contribution in [3.63, 3.8) is 0 Å². The molecule has 0 fully saturated rings. The highest BCUT2D eigenvalue weighted by Crippen LogP contribution is 2.19. The van der Waals surface area contributed by atoms with Crippen molar-refractivity contribution in [2.75, 3.05) is 11.1 Å². The molecule has 0 unspecified atom stereocenters. The van der Waals surface area contributed by atoms with Gasteiger partial charge in [-0.2, -0.15) is 0 Å². The first-order valence-corrected chi connectivity index (χ1v) is 7.67. The summed E-state index contributed by atoms with van der Waals surface area (Å²) in [5.41, 5.74) is 0.889. The van der Waals surface area contributed by atoms with Crippen LogP contribution in [0.25, 0.3) is 11.4 Å². The molecule has 3 heterocycles. The van der Waals surface area contributed by atoms with E-state index in [0.717, 1.165) is 5.56 Å². The van der Waals surface area contributed by atoms with Crippen LogP contribution in [0.1, 0.15) is 0 Å². The van der Waals surface area contributed by atoms with Crippen LogP contribution in [0, 0.1) is 0 Å². The smallest absolute Gasteiger partial charge is 0.235 e. The van der Waals surface area contributed by atoms with E-state index in [1.165, 1.54) is 11.8 Å². The Morgan fingerprint density at radius 2 is 2.09 bits per heavy atom. The third kappa shape index (κ3) is 3.66. The highest BCUT2D eigenvalue weighted by Gasteiger charge is 2.09. The number of carbonyl (C=O) groups is 1. The van der Waals surface area contributed by atoms with Crippen molar-refractivity contribution < 1.29 is 4.79 Å². The number of nitrogens with one attached hydrogen (secondary N) is 3. The van der Waals surface area contributed by atoms with Crippen molar-refractivity contribution in [2.24, 2.45) is 0 Å². The Hall–Kier alpha value is -2.32. The molecule has 0 atom stereocenters. The minimum Gasteiger partial charge on any atom is -0.332 e. The lowest BCUT2D eigenvalue weighted by Crippen LogP contribution is -2.14. The molecule has 3 rings (SSSR count). The van der Waals surface area contributed by atoms with E-state index in [2.05, 4.69) is 30.5 Å². The van der Waals surface area contributed by atoms with Gasteiger partial charge in [-0.1, -0.05) is 23.4 Å². The molecule has 0 aromatic carbocycles. The molecule has 9 heteroatoms. The normalized spacial score (nSPS) is 10.6. The maximum absolute atomic E-state index is 11.8. The number of pyridine rings is 1. The maximum Gasteiger partial charge on any atom is 0.235 e. The second-order valence-corrected chi connectivity index (χ2v) is 5.61. The molecular weight excluding hydrogens is 324 g/mol. The monoisotopic (exact) mass is 334 g/mol. The summed E-state index contributed by atoms with van der Waals surface area (Å²) in [5, 5.41) is 10.6. The molecule has 3 N–H and O–H groups in total. The summed E-state index contributed by atoms with van der Waals surface area (Å²) in [6, 6.07) is 7.02. The molecule has 3 aromatic rings.